The van der Waals surface area contributed by atoms with Gasteiger partial charge < -0.3 is 10.6 Å². The Morgan fingerprint density at radius 1 is 0.758 bits per heavy atom. The number of hydrogen-bond acceptors (Lipinski definition) is 3. The molecule has 1 atom stereocenters. The van der Waals surface area contributed by atoms with Crippen molar-refractivity contribution < 1.29 is 9.59 Å². The monoisotopic (exact) mass is 454 g/mol. The third-order valence-electron chi connectivity index (χ3n) is 5.39. The summed E-state index contributed by atoms with van der Waals surface area (Å²) >= 11 is 1.59. The van der Waals surface area contributed by atoms with E-state index in [4.69, 9.17) is 0 Å². The summed E-state index contributed by atoms with van der Waals surface area (Å²) in [4.78, 5) is 28.4. The number of hydrogen-bond donors (Lipinski definition) is 2. The Kier molecular flexibility index (Phi) is 7.10. The molecule has 33 heavy (non-hydrogen) atoms. The molecule has 0 saturated carbocycles. The first-order valence-corrected chi connectivity index (χ1v) is 11.8. The number of nitrogens with one attached hydrogen (secondary N) is 2. The highest BCUT2D eigenvalue weighted by Crippen LogP contribution is 2.33. The summed E-state index contributed by atoms with van der Waals surface area (Å²) in [5, 5.41) is 7.84. The third kappa shape index (κ3) is 5.44. The van der Waals surface area contributed by atoms with Gasteiger partial charge in [0.05, 0.1) is 5.69 Å². The average Bonchev–Trinajstić information content (AvgIpc) is 2.83. The zero-order chi connectivity index (χ0) is 23.2. The highest BCUT2D eigenvalue weighted by atomic mass is 32.2. The lowest BCUT2D eigenvalue weighted by molar-refractivity contribution is -0.118. The molecule has 0 radical (unpaired) electrons. The number of rotatable bonds is 7. The van der Waals surface area contributed by atoms with Gasteiger partial charge in [0.2, 0.25) is 5.91 Å². The first kappa shape index (κ1) is 22.6. The molecule has 4 nitrogen and oxygen atoms in total. The number of fused-ring (bicyclic) bond motifs is 1. The van der Waals surface area contributed by atoms with Crippen molar-refractivity contribution in [1.82, 2.24) is 5.32 Å². The maximum absolute atomic E-state index is 13.3. The minimum absolute atomic E-state index is 0.0853. The quantitative estimate of drug-likeness (QED) is 0.340. The lowest BCUT2D eigenvalue weighted by atomic mass is 10.0. The molecule has 4 aromatic rings. The van der Waals surface area contributed by atoms with Crippen molar-refractivity contribution in [1.29, 1.82) is 0 Å². The van der Waals surface area contributed by atoms with Crippen LogP contribution in [0.15, 0.2) is 107 Å². The number of anilines is 1. The van der Waals surface area contributed by atoms with Gasteiger partial charge in [-0.25, -0.2) is 0 Å². The zero-order valence-electron chi connectivity index (χ0n) is 18.6. The Morgan fingerprint density at radius 3 is 2.21 bits per heavy atom. The fourth-order valence-corrected chi connectivity index (χ4v) is 4.59. The van der Waals surface area contributed by atoms with Crippen LogP contribution in [-0.2, 0) is 4.79 Å². The largest absolute Gasteiger partial charge is 0.340 e. The zero-order valence-corrected chi connectivity index (χ0v) is 19.4. The van der Waals surface area contributed by atoms with Crippen LogP contribution in [0.2, 0.25) is 0 Å². The van der Waals surface area contributed by atoms with Gasteiger partial charge in [-0.1, -0.05) is 92.3 Å². The van der Waals surface area contributed by atoms with Crippen molar-refractivity contribution in [2.45, 2.75) is 29.7 Å². The van der Waals surface area contributed by atoms with Crippen LogP contribution in [-0.4, -0.2) is 17.9 Å². The van der Waals surface area contributed by atoms with Gasteiger partial charge in [-0.2, -0.15) is 0 Å². The van der Waals surface area contributed by atoms with Gasteiger partial charge in [0.15, 0.2) is 0 Å². The molecule has 2 amide bonds. The second-order valence-electron chi connectivity index (χ2n) is 8.12. The van der Waals surface area contributed by atoms with E-state index in [2.05, 4.69) is 10.6 Å². The Bertz CT molecular complexity index is 1270. The normalized spacial score (nSPS) is 11.8. The summed E-state index contributed by atoms with van der Waals surface area (Å²) in [7, 11) is 0. The number of benzene rings is 4. The molecule has 0 aliphatic heterocycles. The van der Waals surface area contributed by atoms with Gasteiger partial charge in [-0.15, -0.1) is 0 Å². The third-order valence-corrected chi connectivity index (χ3v) is 6.47. The van der Waals surface area contributed by atoms with Gasteiger partial charge in [0.1, 0.15) is 6.04 Å². The topological polar surface area (TPSA) is 58.2 Å². The van der Waals surface area contributed by atoms with E-state index < -0.39 is 6.04 Å². The molecule has 0 unspecified atom stereocenters. The Balaban J connectivity index is 1.53. The summed E-state index contributed by atoms with van der Waals surface area (Å²) in [5.41, 5.74) is 1.29. The average molecular weight is 455 g/mol. The fourth-order valence-electron chi connectivity index (χ4n) is 3.66. The van der Waals surface area contributed by atoms with E-state index in [0.717, 1.165) is 26.3 Å². The molecule has 0 bridgehead atoms. The predicted molar refractivity (Wildman–Crippen MR) is 136 cm³/mol. The van der Waals surface area contributed by atoms with Crippen molar-refractivity contribution in [3.63, 3.8) is 0 Å². The number of para-hydroxylation sites is 1. The molecular weight excluding hydrogens is 428 g/mol. The lowest BCUT2D eigenvalue weighted by Gasteiger charge is -2.23. The molecule has 0 aromatic heterocycles. The van der Waals surface area contributed by atoms with Crippen LogP contribution < -0.4 is 10.6 Å². The summed E-state index contributed by atoms with van der Waals surface area (Å²) < 4.78 is 0. The molecule has 0 aliphatic rings. The van der Waals surface area contributed by atoms with E-state index in [1.165, 1.54) is 0 Å². The van der Waals surface area contributed by atoms with Gasteiger partial charge >= 0.3 is 0 Å². The Hall–Kier alpha value is -3.57. The van der Waals surface area contributed by atoms with Gasteiger partial charge in [0, 0.05) is 15.4 Å². The van der Waals surface area contributed by atoms with Crippen LogP contribution in [0.4, 0.5) is 5.69 Å². The lowest BCUT2D eigenvalue weighted by Crippen LogP contribution is -2.47. The van der Waals surface area contributed by atoms with Crippen molar-refractivity contribution in [3.8, 4) is 0 Å². The maximum Gasteiger partial charge on any atom is 0.252 e. The number of carbonyl (C=O) groups excluding carboxylic acids is 2. The smallest absolute Gasteiger partial charge is 0.252 e. The van der Waals surface area contributed by atoms with Crippen LogP contribution in [0, 0.1) is 5.92 Å². The molecule has 166 valence electrons. The van der Waals surface area contributed by atoms with E-state index in [0.29, 0.717) is 5.56 Å². The summed E-state index contributed by atoms with van der Waals surface area (Å²) in [6.45, 7) is 3.86. The van der Waals surface area contributed by atoms with Crippen LogP contribution in [0.1, 0.15) is 24.2 Å². The van der Waals surface area contributed by atoms with Crippen molar-refractivity contribution in [2.24, 2.45) is 5.92 Å². The highest BCUT2D eigenvalue weighted by molar-refractivity contribution is 7.99. The Labute approximate surface area is 198 Å². The van der Waals surface area contributed by atoms with Gasteiger partial charge in [-0.05, 0) is 47.0 Å². The predicted octanol–water partition coefficient (Wildman–Crippen LogP) is 6.38. The molecule has 0 fully saturated rings. The fraction of sp³-hybridized carbons (Fsp3) is 0.143. The summed E-state index contributed by atoms with van der Waals surface area (Å²) in [6.07, 6.45) is 0. The summed E-state index contributed by atoms with van der Waals surface area (Å²) in [5.74, 6) is -0.579. The molecule has 0 aliphatic carbocycles. The van der Waals surface area contributed by atoms with E-state index in [9.17, 15) is 9.59 Å². The van der Waals surface area contributed by atoms with Gasteiger partial charge in [0.25, 0.3) is 5.91 Å². The minimum Gasteiger partial charge on any atom is -0.340 e. The van der Waals surface area contributed by atoms with E-state index >= 15 is 0 Å². The first-order chi connectivity index (χ1) is 16.0. The minimum atomic E-state index is -0.675. The van der Waals surface area contributed by atoms with Gasteiger partial charge in [-0.3, -0.25) is 9.59 Å². The maximum atomic E-state index is 13.3. The van der Waals surface area contributed by atoms with Crippen molar-refractivity contribution >= 4 is 40.0 Å². The first-order valence-electron chi connectivity index (χ1n) is 10.9. The van der Waals surface area contributed by atoms with E-state index in [1.54, 1.807) is 17.8 Å². The molecule has 0 spiro atoms. The van der Waals surface area contributed by atoms with E-state index in [1.807, 2.05) is 105 Å². The number of carbonyl (C=O) groups is 2. The molecular formula is C28H26N2O2S. The molecule has 5 heteroatoms. The second kappa shape index (κ2) is 10.4. The molecule has 2 N–H and O–H groups in total. The van der Waals surface area contributed by atoms with Crippen LogP contribution in [0.3, 0.4) is 0 Å². The van der Waals surface area contributed by atoms with Crippen molar-refractivity contribution in [2.75, 3.05) is 5.32 Å². The molecule has 0 saturated heterocycles. The summed E-state index contributed by atoms with van der Waals surface area (Å²) in [6, 6.07) is 30.4. The van der Waals surface area contributed by atoms with Crippen LogP contribution >= 0.6 is 11.8 Å². The molecule has 4 aromatic carbocycles. The van der Waals surface area contributed by atoms with Crippen molar-refractivity contribution in [3.05, 3.63) is 103 Å². The van der Waals surface area contributed by atoms with E-state index in [-0.39, 0.29) is 17.7 Å². The SMILES string of the molecule is CC(C)[C@H](NC(=O)c1cccc2ccccc12)C(=O)Nc1ccccc1Sc1ccccc1. The van der Waals surface area contributed by atoms with Crippen LogP contribution in [0.25, 0.3) is 10.8 Å². The highest BCUT2D eigenvalue weighted by Gasteiger charge is 2.26. The Morgan fingerprint density at radius 2 is 1.42 bits per heavy atom. The molecule has 4 rings (SSSR count). The molecule has 0 heterocycles. The number of amides is 2. The van der Waals surface area contributed by atoms with Crippen LogP contribution in [0.5, 0.6) is 0 Å². The standard InChI is InChI=1S/C28H26N2O2S/c1-19(2)26(30-27(31)23-16-10-12-20-11-6-7-15-22(20)23)28(32)29-24-17-8-9-18-25(24)33-21-13-4-3-5-14-21/h3-19,26H,1-2H3,(H,29,32)(H,30,31)/t26-/m0/s1. The second-order valence-corrected chi connectivity index (χ2v) is 9.24.